The molecule has 41 heavy (non-hydrogen) atoms. The fourth-order valence-corrected chi connectivity index (χ4v) is 9.49. The van der Waals surface area contributed by atoms with Gasteiger partial charge >= 0.3 is 6.09 Å². The second-order valence-corrected chi connectivity index (χ2v) is 17.8. The lowest BCUT2D eigenvalue weighted by atomic mass is 10.1. The molecule has 2 aromatic carbocycles. The van der Waals surface area contributed by atoms with Gasteiger partial charge in [0.2, 0.25) is 0 Å². The van der Waals surface area contributed by atoms with Gasteiger partial charge in [0.05, 0.1) is 25.8 Å². The van der Waals surface area contributed by atoms with Gasteiger partial charge in [0, 0.05) is 26.7 Å². The molecule has 0 aromatic heterocycles. The van der Waals surface area contributed by atoms with Crippen molar-refractivity contribution in [2.24, 2.45) is 0 Å². The quantitative estimate of drug-likeness (QED) is 0.265. The highest BCUT2D eigenvalue weighted by Crippen LogP contribution is 2.34. The highest BCUT2D eigenvalue weighted by molar-refractivity contribution is 7.86. The molecular formula is C30H47N3O6SSi. The van der Waals surface area contributed by atoms with Crippen LogP contribution in [0.2, 0.25) is 18.1 Å². The van der Waals surface area contributed by atoms with E-state index in [0.717, 1.165) is 29.3 Å². The van der Waals surface area contributed by atoms with Crippen molar-refractivity contribution < 1.29 is 27.1 Å². The molecule has 1 aliphatic heterocycles. The summed E-state index contributed by atoms with van der Waals surface area (Å²) in [5.74, 6) is 0.698. The Morgan fingerprint density at radius 3 is 2.12 bits per heavy atom. The number of rotatable bonds is 14. The van der Waals surface area contributed by atoms with Crippen LogP contribution in [0.15, 0.2) is 54.6 Å². The highest BCUT2D eigenvalue weighted by Gasteiger charge is 2.49. The van der Waals surface area contributed by atoms with Gasteiger partial charge in [-0.25, -0.2) is 4.79 Å². The van der Waals surface area contributed by atoms with Crippen LogP contribution in [-0.4, -0.2) is 82.3 Å². The summed E-state index contributed by atoms with van der Waals surface area (Å²) < 4.78 is 48.2. The molecule has 1 heterocycles. The van der Waals surface area contributed by atoms with Gasteiger partial charge < -0.3 is 13.9 Å². The molecule has 11 heteroatoms. The Hall–Kier alpha value is -2.44. The van der Waals surface area contributed by atoms with E-state index < -0.39 is 36.7 Å². The van der Waals surface area contributed by atoms with Crippen molar-refractivity contribution in [2.45, 2.75) is 83.5 Å². The van der Waals surface area contributed by atoms with Crippen LogP contribution in [0.5, 0.6) is 5.75 Å². The molecule has 3 rings (SSSR count). The van der Waals surface area contributed by atoms with Crippen molar-refractivity contribution in [1.29, 1.82) is 0 Å². The van der Waals surface area contributed by atoms with Crippen LogP contribution < -0.4 is 4.74 Å². The molecule has 3 atom stereocenters. The molecule has 1 amide bonds. The van der Waals surface area contributed by atoms with Crippen molar-refractivity contribution in [2.75, 3.05) is 27.8 Å². The molecule has 1 fully saturated rings. The Morgan fingerprint density at radius 1 is 0.976 bits per heavy atom. The minimum absolute atomic E-state index is 0.143. The first-order valence-electron chi connectivity index (χ1n) is 14.5. The zero-order chi connectivity index (χ0) is 30.2. The monoisotopic (exact) mass is 605 g/mol. The summed E-state index contributed by atoms with van der Waals surface area (Å²) in [7, 11) is -1.21. The van der Waals surface area contributed by atoms with E-state index in [1.807, 2.05) is 61.5 Å². The summed E-state index contributed by atoms with van der Waals surface area (Å²) in [6.45, 7) is 8.99. The van der Waals surface area contributed by atoms with Gasteiger partial charge in [-0.3, -0.25) is 4.90 Å². The third kappa shape index (κ3) is 7.89. The molecule has 228 valence electrons. The van der Waals surface area contributed by atoms with Gasteiger partial charge in [-0.2, -0.15) is 17.0 Å². The SMILES string of the molecule is CC[Si](CC)(CC)OC[C@H]1[C@@H](N(Cc2ccc(OC)cc2)S(=O)(=O)N(C)C)C[C@@H](C)N1C(=O)OCc1ccccc1. The number of likely N-dealkylation sites (tertiary alicyclic amines) is 1. The topological polar surface area (TPSA) is 88.6 Å². The summed E-state index contributed by atoms with van der Waals surface area (Å²) in [6.07, 6.45) is 0.0113. The summed E-state index contributed by atoms with van der Waals surface area (Å²) in [5.41, 5.74) is 1.72. The maximum absolute atomic E-state index is 13.8. The number of hydrogen-bond acceptors (Lipinski definition) is 6. The largest absolute Gasteiger partial charge is 0.497 e. The van der Waals surface area contributed by atoms with Crippen LogP contribution in [0.1, 0.15) is 45.2 Å². The zero-order valence-corrected chi connectivity index (χ0v) is 27.4. The predicted octanol–water partition coefficient (Wildman–Crippen LogP) is 5.49. The van der Waals surface area contributed by atoms with Crippen molar-refractivity contribution in [1.82, 2.24) is 13.5 Å². The number of nitrogens with zero attached hydrogens (tertiary/aromatic N) is 3. The van der Waals surface area contributed by atoms with E-state index >= 15 is 0 Å². The van der Waals surface area contributed by atoms with Gasteiger partial charge in [-0.15, -0.1) is 0 Å². The fourth-order valence-electron chi connectivity index (χ4n) is 5.55. The Balaban J connectivity index is 1.99. The maximum Gasteiger partial charge on any atom is 0.410 e. The highest BCUT2D eigenvalue weighted by atomic mass is 32.2. The van der Waals surface area contributed by atoms with E-state index in [1.54, 1.807) is 12.0 Å². The van der Waals surface area contributed by atoms with Crippen molar-refractivity contribution in [3.8, 4) is 5.75 Å². The minimum atomic E-state index is -3.86. The molecular weight excluding hydrogens is 558 g/mol. The molecule has 0 spiro atoms. The van der Waals surface area contributed by atoms with E-state index in [0.29, 0.717) is 12.2 Å². The van der Waals surface area contributed by atoms with Crippen molar-refractivity contribution in [3.63, 3.8) is 0 Å². The predicted molar refractivity (Wildman–Crippen MR) is 164 cm³/mol. The molecule has 0 radical (unpaired) electrons. The van der Waals surface area contributed by atoms with Crippen LogP contribution in [0, 0.1) is 0 Å². The lowest BCUT2D eigenvalue weighted by Gasteiger charge is -2.38. The number of benzene rings is 2. The normalized spacial score (nSPS) is 19.6. The van der Waals surface area contributed by atoms with Crippen LogP contribution >= 0.6 is 0 Å². The first-order valence-corrected chi connectivity index (χ1v) is 18.4. The smallest absolute Gasteiger partial charge is 0.410 e. The second-order valence-electron chi connectivity index (χ2n) is 10.9. The molecule has 0 aliphatic carbocycles. The van der Waals surface area contributed by atoms with Crippen molar-refractivity contribution >= 4 is 24.6 Å². The molecule has 1 aliphatic rings. The number of ether oxygens (including phenoxy) is 2. The standard InChI is InChI=1S/C30H47N3O6SSi/c1-8-41(9-2,10-3)39-23-29-28(20-24(4)33(29)30(34)38-22-26-14-12-11-13-15-26)32(40(35,36)31(5)6)21-25-16-18-27(37-7)19-17-25/h11-19,24,28-29H,8-10,20-23H2,1-7H3/t24-,28+,29+/m1/s1. The van der Waals surface area contributed by atoms with E-state index in [2.05, 4.69) is 20.8 Å². The number of hydrogen-bond donors (Lipinski definition) is 0. The lowest BCUT2D eigenvalue weighted by molar-refractivity contribution is 0.0611. The molecule has 0 bridgehead atoms. The van der Waals surface area contributed by atoms with Gasteiger partial charge in [0.25, 0.3) is 10.2 Å². The zero-order valence-electron chi connectivity index (χ0n) is 25.6. The van der Waals surface area contributed by atoms with Crippen LogP contribution in [0.4, 0.5) is 4.79 Å². The Bertz CT molecular complexity index is 1200. The summed E-state index contributed by atoms with van der Waals surface area (Å²) in [6, 6.07) is 18.6. The van der Waals surface area contributed by atoms with E-state index in [1.165, 1.54) is 22.7 Å². The number of amides is 1. The Kier molecular flexibility index (Phi) is 11.8. The van der Waals surface area contributed by atoms with Crippen molar-refractivity contribution in [3.05, 3.63) is 65.7 Å². The van der Waals surface area contributed by atoms with Crippen LogP contribution in [0.3, 0.4) is 0 Å². The second kappa shape index (κ2) is 14.6. The Labute approximate surface area is 247 Å². The van der Waals surface area contributed by atoms with Crippen LogP contribution in [-0.2, 0) is 32.5 Å². The average Bonchev–Trinajstić information content (AvgIpc) is 3.31. The first kappa shape index (κ1) is 33.1. The van der Waals surface area contributed by atoms with Crippen LogP contribution in [0.25, 0.3) is 0 Å². The molecule has 0 unspecified atom stereocenters. The van der Waals surface area contributed by atoms with Gasteiger partial charge in [0.1, 0.15) is 12.4 Å². The van der Waals surface area contributed by atoms with E-state index in [-0.39, 0.29) is 25.8 Å². The third-order valence-corrected chi connectivity index (χ3v) is 15.0. The molecule has 9 nitrogen and oxygen atoms in total. The van der Waals surface area contributed by atoms with Gasteiger partial charge in [0.15, 0.2) is 8.32 Å². The fraction of sp³-hybridized carbons (Fsp3) is 0.567. The lowest BCUT2D eigenvalue weighted by Crippen LogP contribution is -2.55. The van der Waals surface area contributed by atoms with E-state index in [4.69, 9.17) is 13.9 Å². The van der Waals surface area contributed by atoms with Gasteiger partial charge in [-0.1, -0.05) is 63.2 Å². The number of carbonyl (C=O) groups is 1. The number of carbonyl (C=O) groups excluding carboxylic acids is 1. The van der Waals surface area contributed by atoms with E-state index in [9.17, 15) is 13.2 Å². The molecule has 0 saturated carbocycles. The molecule has 2 aromatic rings. The summed E-state index contributed by atoms with van der Waals surface area (Å²) in [5, 5.41) is 0. The Morgan fingerprint density at radius 2 is 1.59 bits per heavy atom. The third-order valence-electron chi connectivity index (χ3n) is 8.39. The maximum atomic E-state index is 13.8. The molecule has 0 N–H and O–H groups in total. The minimum Gasteiger partial charge on any atom is -0.497 e. The first-order chi connectivity index (χ1) is 19.5. The van der Waals surface area contributed by atoms with Gasteiger partial charge in [-0.05, 0) is 54.7 Å². The molecule has 1 saturated heterocycles. The number of methoxy groups -OCH3 is 1. The summed E-state index contributed by atoms with van der Waals surface area (Å²) >= 11 is 0. The average molecular weight is 606 g/mol. The summed E-state index contributed by atoms with van der Waals surface area (Å²) in [4.78, 5) is 15.3.